The van der Waals surface area contributed by atoms with Crippen molar-refractivity contribution in [3.63, 3.8) is 0 Å². The fourth-order valence-corrected chi connectivity index (χ4v) is 4.77. The third kappa shape index (κ3) is 8.35. The van der Waals surface area contributed by atoms with Gasteiger partial charge in [-0.25, -0.2) is 0 Å². The lowest BCUT2D eigenvalue weighted by atomic mass is 9.88. The van der Waals surface area contributed by atoms with Crippen LogP contribution in [0.25, 0.3) is 0 Å². The lowest BCUT2D eigenvalue weighted by molar-refractivity contribution is -0.139. The summed E-state index contributed by atoms with van der Waals surface area (Å²) in [6.45, 7) is 6.53. The highest BCUT2D eigenvalue weighted by molar-refractivity contribution is 5.83. The molecule has 3 N–H and O–H groups in total. The van der Waals surface area contributed by atoms with E-state index in [2.05, 4.69) is 24.5 Å². The third-order valence-corrected chi connectivity index (χ3v) is 6.75. The average Bonchev–Trinajstić information content (AvgIpc) is 3.71. The average molecular weight is 506 g/mol. The van der Waals surface area contributed by atoms with E-state index in [1.54, 1.807) is 14.2 Å². The van der Waals surface area contributed by atoms with E-state index in [-0.39, 0.29) is 42.3 Å². The Hall–Kier alpha value is -2.36. The minimum Gasteiger partial charge on any atom is -0.497 e. The molecule has 202 valence electrons. The first-order chi connectivity index (χ1) is 17.3. The molecule has 1 heterocycles. The van der Waals surface area contributed by atoms with Crippen molar-refractivity contribution in [3.8, 4) is 11.5 Å². The summed E-state index contributed by atoms with van der Waals surface area (Å²) in [7, 11) is 3.24. The number of amides is 2. The number of nitrogens with one attached hydrogen (secondary N) is 2. The molecule has 0 aromatic heterocycles. The molecule has 9 nitrogen and oxygen atoms in total. The number of hydrogen-bond donors (Lipinski definition) is 3. The van der Waals surface area contributed by atoms with Crippen LogP contribution < -0.4 is 20.1 Å². The van der Waals surface area contributed by atoms with E-state index in [1.165, 1.54) is 0 Å². The van der Waals surface area contributed by atoms with Crippen molar-refractivity contribution < 1.29 is 28.9 Å². The maximum atomic E-state index is 13.7. The standard InChI is InChI=1S/C27H43N3O6/c1-18(2)9-22(17-31)29-26(32)20-12-21(15-28-14-20)27(33)30(23-5-6-23)16-19-10-24(35-4)13-25(11-19)36-8-7-34-3/h10-11,13,18,20-23,28,31H,5-9,12,14-17H2,1-4H3,(H,29,32)/t20-,21+,22?/m0/s1. The number of aliphatic hydroxyl groups is 1. The van der Waals surface area contributed by atoms with Crippen LogP contribution in [0.15, 0.2) is 18.2 Å². The van der Waals surface area contributed by atoms with Crippen molar-refractivity contribution in [2.24, 2.45) is 17.8 Å². The van der Waals surface area contributed by atoms with Gasteiger partial charge in [-0.05, 0) is 49.3 Å². The Morgan fingerprint density at radius 2 is 1.83 bits per heavy atom. The molecule has 1 aromatic rings. The Balaban J connectivity index is 1.66. The minimum atomic E-state index is -0.299. The second-order valence-electron chi connectivity index (χ2n) is 10.4. The highest BCUT2D eigenvalue weighted by Crippen LogP contribution is 2.33. The van der Waals surface area contributed by atoms with Crippen LogP contribution in [0.5, 0.6) is 11.5 Å². The zero-order valence-electron chi connectivity index (χ0n) is 22.1. The first kappa shape index (κ1) is 28.2. The summed E-state index contributed by atoms with van der Waals surface area (Å²) in [5.41, 5.74) is 0.944. The lowest BCUT2D eigenvalue weighted by Gasteiger charge is -2.33. The quantitative estimate of drug-likeness (QED) is 0.332. The molecule has 1 aliphatic heterocycles. The summed E-state index contributed by atoms with van der Waals surface area (Å²) >= 11 is 0. The van der Waals surface area contributed by atoms with Gasteiger partial charge in [-0.1, -0.05) is 13.8 Å². The summed E-state index contributed by atoms with van der Waals surface area (Å²) in [4.78, 5) is 28.5. The van der Waals surface area contributed by atoms with Crippen molar-refractivity contribution in [2.75, 3.05) is 47.1 Å². The van der Waals surface area contributed by atoms with Crippen molar-refractivity contribution in [2.45, 2.75) is 58.2 Å². The zero-order chi connectivity index (χ0) is 26.1. The number of carbonyl (C=O) groups is 2. The van der Waals surface area contributed by atoms with Crippen LogP contribution in [0.4, 0.5) is 0 Å². The van der Waals surface area contributed by atoms with Gasteiger partial charge in [0.25, 0.3) is 0 Å². The second-order valence-corrected chi connectivity index (χ2v) is 10.4. The normalized spacial score (nSPS) is 20.6. The van der Waals surface area contributed by atoms with Crippen LogP contribution in [0.3, 0.4) is 0 Å². The SMILES string of the molecule is COCCOc1cc(CN(C(=O)[C@H]2CNC[C@@H](C(=O)NC(CO)CC(C)C)C2)C2CC2)cc(OC)c1. The number of nitrogens with zero attached hydrogens (tertiary/aromatic N) is 1. The molecule has 2 fully saturated rings. The van der Waals surface area contributed by atoms with Gasteiger partial charge in [-0.2, -0.15) is 0 Å². The van der Waals surface area contributed by atoms with Gasteiger partial charge in [0.1, 0.15) is 18.1 Å². The number of rotatable bonds is 14. The number of methoxy groups -OCH3 is 2. The third-order valence-electron chi connectivity index (χ3n) is 6.75. The molecule has 36 heavy (non-hydrogen) atoms. The van der Waals surface area contributed by atoms with Crippen LogP contribution in [0.2, 0.25) is 0 Å². The van der Waals surface area contributed by atoms with Crippen molar-refractivity contribution in [1.82, 2.24) is 15.5 Å². The molecule has 3 atom stereocenters. The van der Waals surface area contributed by atoms with E-state index >= 15 is 0 Å². The largest absolute Gasteiger partial charge is 0.497 e. The number of ether oxygens (including phenoxy) is 3. The highest BCUT2D eigenvalue weighted by Gasteiger charge is 2.39. The molecule has 0 radical (unpaired) electrons. The van der Waals surface area contributed by atoms with Gasteiger partial charge in [0, 0.05) is 38.9 Å². The molecule has 0 spiro atoms. The Morgan fingerprint density at radius 1 is 1.11 bits per heavy atom. The molecule has 1 aliphatic carbocycles. The predicted molar refractivity (Wildman–Crippen MR) is 137 cm³/mol. The van der Waals surface area contributed by atoms with Crippen molar-refractivity contribution in [1.29, 1.82) is 0 Å². The zero-order valence-corrected chi connectivity index (χ0v) is 22.1. The van der Waals surface area contributed by atoms with E-state index in [0.29, 0.717) is 56.7 Å². The van der Waals surface area contributed by atoms with Crippen molar-refractivity contribution >= 4 is 11.8 Å². The minimum absolute atomic E-state index is 0.0769. The van der Waals surface area contributed by atoms with Gasteiger partial charge in [0.15, 0.2) is 0 Å². The first-order valence-corrected chi connectivity index (χ1v) is 13.1. The van der Waals surface area contributed by atoms with Gasteiger partial charge < -0.3 is 34.9 Å². The molecule has 0 bridgehead atoms. The van der Waals surface area contributed by atoms with Crippen molar-refractivity contribution in [3.05, 3.63) is 23.8 Å². The van der Waals surface area contributed by atoms with E-state index in [0.717, 1.165) is 24.8 Å². The number of carbonyl (C=O) groups excluding carboxylic acids is 2. The van der Waals surface area contributed by atoms with Crippen LogP contribution in [0.1, 0.15) is 45.1 Å². The maximum absolute atomic E-state index is 13.7. The van der Waals surface area contributed by atoms with Gasteiger partial charge in [0.2, 0.25) is 11.8 Å². The molecule has 1 aromatic carbocycles. The molecule has 2 amide bonds. The van der Waals surface area contributed by atoms with E-state index in [9.17, 15) is 14.7 Å². The Bertz CT molecular complexity index is 860. The number of piperidine rings is 1. The Morgan fingerprint density at radius 3 is 2.47 bits per heavy atom. The van der Waals surface area contributed by atoms with Crippen LogP contribution in [-0.2, 0) is 20.9 Å². The van der Waals surface area contributed by atoms with Gasteiger partial charge in [-0.15, -0.1) is 0 Å². The number of benzene rings is 1. The molecular formula is C27H43N3O6. The Labute approximate surface area is 214 Å². The lowest BCUT2D eigenvalue weighted by Crippen LogP contribution is -2.51. The topological polar surface area (TPSA) is 109 Å². The van der Waals surface area contributed by atoms with Gasteiger partial charge in [0.05, 0.1) is 38.2 Å². The molecule has 3 rings (SSSR count). The van der Waals surface area contributed by atoms with Gasteiger partial charge >= 0.3 is 0 Å². The molecule has 1 unspecified atom stereocenters. The molecule has 1 saturated carbocycles. The summed E-state index contributed by atoms with van der Waals surface area (Å²) in [5, 5.41) is 15.9. The van der Waals surface area contributed by atoms with Crippen LogP contribution >= 0.6 is 0 Å². The Kier molecular flexibility index (Phi) is 10.8. The number of aliphatic hydroxyl groups excluding tert-OH is 1. The predicted octanol–water partition coefficient (Wildman–Crippen LogP) is 1.96. The van der Waals surface area contributed by atoms with E-state index in [1.807, 2.05) is 23.1 Å². The smallest absolute Gasteiger partial charge is 0.227 e. The highest BCUT2D eigenvalue weighted by atomic mass is 16.5. The van der Waals surface area contributed by atoms with Gasteiger partial charge in [-0.3, -0.25) is 9.59 Å². The summed E-state index contributed by atoms with van der Waals surface area (Å²) < 4.78 is 16.3. The fourth-order valence-electron chi connectivity index (χ4n) is 4.77. The molecule has 2 aliphatic rings. The van der Waals surface area contributed by atoms with E-state index < -0.39 is 0 Å². The van der Waals surface area contributed by atoms with Crippen LogP contribution in [0, 0.1) is 17.8 Å². The maximum Gasteiger partial charge on any atom is 0.227 e. The summed E-state index contributed by atoms with van der Waals surface area (Å²) in [6, 6.07) is 5.67. The molecule has 9 heteroatoms. The molecule has 1 saturated heterocycles. The first-order valence-electron chi connectivity index (χ1n) is 13.1. The monoisotopic (exact) mass is 505 g/mol. The summed E-state index contributed by atoms with van der Waals surface area (Å²) in [6.07, 6.45) is 3.21. The second kappa shape index (κ2) is 13.8. The van der Waals surface area contributed by atoms with Crippen LogP contribution in [-0.4, -0.2) is 81.0 Å². The van der Waals surface area contributed by atoms with E-state index in [4.69, 9.17) is 14.2 Å². The fraction of sp³-hybridized carbons (Fsp3) is 0.704. The summed E-state index contributed by atoms with van der Waals surface area (Å²) in [5.74, 6) is 1.15. The molecular weight excluding hydrogens is 462 g/mol. The number of hydrogen-bond acceptors (Lipinski definition) is 7.